The van der Waals surface area contributed by atoms with Crippen molar-refractivity contribution >= 4 is 11.8 Å². The van der Waals surface area contributed by atoms with E-state index in [4.69, 9.17) is 5.73 Å². The Labute approximate surface area is 123 Å². The molecule has 0 spiro atoms. The van der Waals surface area contributed by atoms with Crippen LogP contribution in [0.1, 0.15) is 60.3 Å². The third-order valence-electron chi connectivity index (χ3n) is 3.04. The van der Waals surface area contributed by atoms with Crippen molar-refractivity contribution in [2.75, 3.05) is 13.1 Å². The number of amides is 2. The summed E-state index contributed by atoms with van der Waals surface area (Å²) in [7, 11) is 0. The molecule has 4 N–H and O–H groups in total. The molecule has 0 aliphatic heterocycles. The molecule has 0 radical (unpaired) electrons. The predicted octanol–water partition coefficient (Wildman–Crippen LogP) is 1.56. The molecule has 0 unspecified atom stereocenters. The summed E-state index contributed by atoms with van der Waals surface area (Å²) in [5, 5.41) is 5.64. The summed E-state index contributed by atoms with van der Waals surface area (Å²) in [5.74, 6) is -0.0417. The van der Waals surface area contributed by atoms with Crippen LogP contribution in [0.2, 0.25) is 0 Å². The van der Waals surface area contributed by atoms with Gasteiger partial charge in [0.05, 0.1) is 0 Å². The minimum atomic E-state index is -0.229. The molecule has 0 aromatic rings. The average molecular weight is 285 g/mol. The van der Waals surface area contributed by atoms with Crippen LogP contribution >= 0.6 is 0 Å². The molecule has 0 atom stereocenters. The molecule has 0 saturated carbocycles. The summed E-state index contributed by atoms with van der Waals surface area (Å²) < 4.78 is 0. The lowest BCUT2D eigenvalue weighted by Gasteiger charge is -2.23. The van der Waals surface area contributed by atoms with Crippen LogP contribution in [0, 0.1) is 5.41 Å². The summed E-state index contributed by atoms with van der Waals surface area (Å²) in [6.07, 6.45) is 2.52. The lowest BCUT2D eigenvalue weighted by molar-refractivity contribution is -0.123. The first kappa shape index (κ1) is 18.9. The minimum absolute atomic E-state index is 0.00125. The number of rotatable bonds is 8. The highest BCUT2D eigenvalue weighted by molar-refractivity contribution is 5.79. The van der Waals surface area contributed by atoms with Gasteiger partial charge in [0.15, 0.2) is 0 Å². The Morgan fingerprint density at radius 1 is 0.950 bits per heavy atom. The molecule has 0 bridgehead atoms. The fraction of sp³-hybridized carbons (Fsp3) is 0.867. The smallest absolute Gasteiger partial charge is 0.222 e. The second kappa shape index (κ2) is 8.25. The minimum Gasteiger partial charge on any atom is -0.356 e. The maximum atomic E-state index is 11.7. The van der Waals surface area contributed by atoms with Crippen molar-refractivity contribution in [1.82, 2.24) is 10.6 Å². The van der Waals surface area contributed by atoms with Crippen molar-refractivity contribution in [3.05, 3.63) is 0 Å². The Morgan fingerprint density at radius 2 is 1.55 bits per heavy atom. The fourth-order valence-electron chi connectivity index (χ4n) is 1.85. The van der Waals surface area contributed by atoms with Crippen LogP contribution in [-0.4, -0.2) is 30.4 Å². The molecule has 0 aliphatic carbocycles. The van der Waals surface area contributed by atoms with Gasteiger partial charge in [0.2, 0.25) is 11.8 Å². The van der Waals surface area contributed by atoms with E-state index in [1.54, 1.807) is 0 Å². The molecular weight excluding hydrogens is 254 g/mol. The van der Waals surface area contributed by atoms with Crippen LogP contribution in [-0.2, 0) is 9.59 Å². The Kier molecular flexibility index (Phi) is 7.79. The second-order valence-corrected chi connectivity index (χ2v) is 7.10. The molecule has 0 saturated heterocycles. The molecule has 0 rings (SSSR count). The van der Waals surface area contributed by atoms with Gasteiger partial charge >= 0.3 is 0 Å². The van der Waals surface area contributed by atoms with E-state index in [-0.39, 0.29) is 22.8 Å². The molecule has 0 aromatic heterocycles. The van der Waals surface area contributed by atoms with Crippen molar-refractivity contribution in [1.29, 1.82) is 0 Å². The molecule has 118 valence electrons. The number of hydrogen-bond donors (Lipinski definition) is 3. The van der Waals surface area contributed by atoms with Crippen LogP contribution in [0.25, 0.3) is 0 Å². The molecule has 5 nitrogen and oxygen atoms in total. The highest BCUT2D eigenvalue weighted by Crippen LogP contribution is 2.25. The maximum Gasteiger partial charge on any atom is 0.222 e. The molecule has 0 aliphatic rings. The number of carbonyl (C=O) groups excluding carboxylic acids is 2. The van der Waals surface area contributed by atoms with Crippen LogP contribution in [0.5, 0.6) is 0 Å². The van der Waals surface area contributed by atoms with Crippen LogP contribution in [0.15, 0.2) is 0 Å². The van der Waals surface area contributed by atoms with Crippen molar-refractivity contribution < 1.29 is 9.59 Å². The SMILES string of the molecule is CC(C)(CCN)CCC(=O)NCCC(=O)NC(C)(C)C. The monoisotopic (exact) mass is 285 g/mol. The molecule has 0 aromatic carbocycles. The number of nitrogens with two attached hydrogens (primary N) is 1. The summed E-state index contributed by atoms with van der Waals surface area (Å²) in [4.78, 5) is 23.3. The van der Waals surface area contributed by atoms with Crippen LogP contribution in [0.3, 0.4) is 0 Å². The Morgan fingerprint density at radius 3 is 2.05 bits per heavy atom. The zero-order chi connectivity index (χ0) is 15.8. The van der Waals surface area contributed by atoms with Crippen LogP contribution < -0.4 is 16.4 Å². The quantitative estimate of drug-likeness (QED) is 0.633. The van der Waals surface area contributed by atoms with E-state index < -0.39 is 0 Å². The number of nitrogens with one attached hydrogen (secondary N) is 2. The third kappa shape index (κ3) is 10.8. The van der Waals surface area contributed by atoms with Gasteiger partial charge in [0.1, 0.15) is 0 Å². The molecule has 2 amide bonds. The van der Waals surface area contributed by atoms with Gasteiger partial charge in [-0.05, 0) is 45.6 Å². The van der Waals surface area contributed by atoms with Gasteiger partial charge < -0.3 is 16.4 Å². The molecule has 0 heterocycles. The highest BCUT2D eigenvalue weighted by atomic mass is 16.2. The zero-order valence-electron chi connectivity index (χ0n) is 13.6. The van der Waals surface area contributed by atoms with Gasteiger partial charge in [0.25, 0.3) is 0 Å². The standard InChI is InChI=1S/C15H31N3O2/c1-14(2,3)18-13(20)7-11-17-12(19)6-8-15(4,5)9-10-16/h6-11,16H2,1-5H3,(H,17,19)(H,18,20). The molecule has 20 heavy (non-hydrogen) atoms. The Balaban J connectivity index is 3.82. The van der Waals surface area contributed by atoms with Crippen LogP contribution in [0.4, 0.5) is 0 Å². The Hall–Kier alpha value is -1.10. The molecule has 0 fully saturated rings. The van der Waals surface area contributed by atoms with E-state index >= 15 is 0 Å². The normalized spacial score (nSPS) is 12.1. The van der Waals surface area contributed by atoms with E-state index in [9.17, 15) is 9.59 Å². The molecular formula is C15H31N3O2. The predicted molar refractivity (Wildman–Crippen MR) is 82.2 cm³/mol. The molecule has 5 heteroatoms. The summed E-state index contributed by atoms with van der Waals surface area (Å²) in [6.45, 7) is 11.1. The van der Waals surface area contributed by atoms with Crippen molar-refractivity contribution in [3.63, 3.8) is 0 Å². The summed E-state index contributed by atoms with van der Waals surface area (Å²) >= 11 is 0. The van der Waals surface area contributed by atoms with Gasteiger partial charge in [-0.2, -0.15) is 0 Å². The Bertz CT molecular complexity index is 320. The van der Waals surface area contributed by atoms with Gasteiger partial charge in [0, 0.05) is 24.9 Å². The second-order valence-electron chi connectivity index (χ2n) is 7.10. The summed E-state index contributed by atoms with van der Waals surface area (Å²) in [5.41, 5.74) is 5.40. The first-order valence-electron chi connectivity index (χ1n) is 7.33. The van der Waals surface area contributed by atoms with Crippen molar-refractivity contribution in [3.8, 4) is 0 Å². The lowest BCUT2D eigenvalue weighted by Crippen LogP contribution is -2.42. The number of hydrogen-bond acceptors (Lipinski definition) is 3. The summed E-state index contributed by atoms with van der Waals surface area (Å²) in [6, 6.07) is 0. The maximum absolute atomic E-state index is 11.7. The van der Waals surface area contributed by atoms with Crippen molar-refractivity contribution in [2.45, 2.75) is 65.8 Å². The van der Waals surface area contributed by atoms with Crippen molar-refractivity contribution in [2.24, 2.45) is 11.1 Å². The van der Waals surface area contributed by atoms with E-state index in [1.165, 1.54) is 0 Å². The fourth-order valence-corrected chi connectivity index (χ4v) is 1.85. The highest BCUT2D eigenvalue weighted by Gasteiger charge is 2.18. The van der Waals surface area contributed by atoms with Gasteiger partial charge in [-0.25, -0.2) is 0 Å². The van der Waals surface area contributed by atoms with E-state index in [2.05, 4.69) is 24.5 Å². The zero-order valence-corrected chi connectivity index (χ0v) is 13.6. The largest absolute Gasteiger partial charge is 0.356 e. The third-order valence-corrected chi connectivity index (χ3v) is 3.04. The van der Waals surface area contributed by atoms with Gasteiger partial charge in [-0.1, -0.05) is 13.8 Å². The first-order chi connectivity index (χ1) is 9.06. The van der Waals surface area contributed by atoms with E-state index in [0.717, 1.165) is 12.8 Å². The first-order valence-corrected chi connectivity index (χ1v) is 7.33. The van der Waals surface area contributed by atoms with E-state index in [0.29, 0.717) is 25.9 Å². The van der Waals surface area contributed by atoms with Gasteiger partial charge in [-0.15, -0.1) is 0 Å². The topological polar surface area (TPSA) is 84.2 Å². The van der Waals surface area contributed by atoms with E-state index in [1.807, 2.05) is 20.8 Å². The average Bonchev–Trinajstić information content (AvgIpc) is 2.24. The number of carbonyl (C=O) groups is 2. The van der Waals surface area contributed by atoms with Gasteiger partial charge in [-0.3, -0.25) is 9.59 Å². The lowest BCUT2D eigenvalue weighted by atomic mass is 9.84.